The molecule has 0 aromatic heterocycles. The highest BCUT2D eigenvalue weighted by atomic mass is 16.5. The van der Waals surface area contributed by atoms with Gasteiger partial charge in [-0.15, -0.1) is 0 Å². The Morgan fingerprint density at radius 2 is 1.27 bits per heavy atom. The first kappa shape index (κ1) is 22.7. The minimum atomic E-state index is -0.542. The van der Waals surface area contributed by atoms with E-state index >= 15 is 0 Å². The lowest BCUT2D eigenvalue weighted by Gasteiger charge is -2.11. The summed E-state index contributed by atoms with van der Waals surface area (Å²) in [5.41, 5.74) is 6.06. The van der Waals surface area contributed by atoms with Gasteiger partial charge in [-0.1, -0.05) is 26.0 Å². The lowest BCUT2D eigenvalue weighted by atomic mass is 10.0. The highest BCUT2D eigenvalue weighted by Gasteiger charge is 2.09. The van der Waals surface area contributed by atoms with Gasteiger partial charge in [0.15, 0.2) is 13.2 Å². The summed E-state index contributed by atoms with van der Waals surface area (Å²) in [5, 5.41) is 0. The van der Waals surface area contributed by atoms with Crippen LogP contribution in [0.3, 0.4) is 0 Å². The molecule has 0 bridgehead atoms. The zero-order valence-electron chi connectivity index (χ0n) is 17.3. The molecule has 8 nitrogen and oxygen atoms in total. The molecule has 0 saturated heterocycles. The Bertz CT molecular complexity index is 847. The van der Waals surface area contributed by atoms with Crippen molar-refractivity contribution in [2.24, 2.45) is 0 Å². The van der Waals surface area contributed by atoms with Crippen LogP contribution in [0, 0.1) is 0 Å². The smallest absolute Gasteiger partial charge is 0.338 e. The van der Waals surface area contributed by atoms with Gasteiger partial charge in [0.05, 0.1) is 12.2 Å². The van der Waals surface area contributed by atoms with Gasteiger partial charge in [0.1, 0.15) is 11.5 Å². The number of nitrogens with one attached hydrogen (secondary N) is 2. The maximum Gasteiger partial charge on any atom is 0.338 e. The minimum absolute atomic E-state index is 0.239. The molecule has 2 aromatic rings. The number of hydrazine groups is 1. The van der Waals surface area contributed by atoms with E-state index in [0.717, 1.165) is 0 Å². The topological polar surface area (TPSA) is 103 Å². The van der Waals surface area contributed by atoms with Gasteiger partial charge in [-0.05, 0) is 54.8 Å². The van der Waals surface area contributed by atoms with Crippen molar-refractivity contribution in [2.75, 3.05) is 19.8 Å². The Kier molecular flexibility index (Phi) is 8.68. The zero-order valence-corrected chi connectivity index (χ0v) is 17.3. The Balaban J connectivity index is 1.67. The molecule has 2 N–H and O–H groups in total. The van der Waals surface area contributed by atoms with Crippen LogP contribution in [-0.4, -0.2) is 37.6 Å². The quantitative estimate of drug-likeness (QED) is 0.483. The average Bonchev–Trinajstić information content (AvgIpc) is 2.75. The Morgan fingerprint density at radius 3 is 1.70 bits per heavy atom. The molecule has 8 heteroatoms. The summed E-state index contributed by atoms with van der Waals surface area (Å²) in [7, 11) is 0. The molecule has 2 amide bonds. The van der Waals surface area contributed by atoms with Crippen molar-refractivity contribution in [1.82, 2.24) is 10.9 Å². The molecule has 2 rings (SSSR count). The third kappa shape index (κ3) is 7.46. The van der Waals surface area contributed by atoms with E-state index in [-0.39, 0.29) is 13.2 Å². The Hall–Kier alpha value is -3.55. The monoisotopic (exact) mass is 414 g/mol. The van der Waals surface area contributed by atoms with Gasteiger partial charge in [-0.3, -0.25) is 20.4 Å². The molecule has 0 spiro atoms. The van der Waals surface area contributed by atoms with Gasteiger partial charge in [0.25, 0.3) is 11.8 Å². The molecule has 0 fully saturated rings. The highest BCUT2D eigenvalue weighted by molar-refractivity contribution is 5.89. The van der Waals surface area contributed by atoms with Gasteiger partial charge in [0, 0.05) is 0 Å². The third-order valence-corrected chi connectivity index (χ3v) is 3.99. The second-order valence-electron chi connectivity index (χ2n) is 6.64. The molecular formula is C22H26N2O6. The van der Waals surface area contributed by atoms with Crippen molar-refractivity contribution in [2.45, 2.75) is 26.7 Å². The molecular weight excluding hydrogens is 388 g/mol. The fraction of sp³-hybridized carbons (Fsp3) is 0.318. The fourth-order valence-electron chi connectivity index (χ4n) is 2.36. The van der Waals surface area contributed by atoms with E-state index < -0.39 is 17.8 Å². The van der Waals surface area contributed by atoms with Crippen LogP contribution in [0.15, 0.2) is 48.5 Å². The van der Waals surface area contributed by atoms with Crippen LogP contribution in [0.4, 0.5) is 0 Å². The number of amides is 2. The van der Waals surface area contributed by atoms with Crippen molar-refractivity contribution in [3.63, 3.8) is 0 Å². The number of benzene rings is 2. The van der Waals surface area contributed by atoms with Crippen molar-refractivity contribution in [1.29, 1.82) is 0 Å². The van der Waals surface area contributed by atoms with Crippen LogP contribution in [0.1, 0.15) is 42.6 Å². The molecule has 0 aliphatic rings. The summed E-state index contributed by atoms with van der Waals surface area (Å²) >= 11 is 0. The Labute approximate surface area is 175 Å². The Morgan fingerprint density at radius 1 is 0.800 bits per heavy atom. The number of hydrogen-bond acceptors (Lipinski definition) is 6. The SMILES string of the molecule is CCOC(=O)c1ccc(OCC(=O)NNC(=O)COc2ccc(C(C)C)cc2)cc1. The van der Waals surface area contributed by atoms with Gasteiger partial charge in [0.2, 0.25) is 0 Å². The number of esters is 1. The van der Waals surface area contributed by atoms with E-state index in [2.05, 4.69) is 24.7 Å². The van der Waals surface area contributed by atoms with Crippen molar-refractivity contribution in [3.8, 4) is 11.5 Å². The van der Waals surface area contributed by atoms with Crippen LogP contribution in [0.2, 0.25) is 0 Å². The van der Waals surface area contributed by atoms with Crippen LogP contribution >= 0.6 is 0 Å². The summed E-state index contributed by atoms with van der Waals surface area (Å²) in [6.45, 7) is 5.65. The second kappa shape index (κ2) is 11.5. The summed E-state index contributed by atoms with van der Waals surface area (Å²) < 4.78 is 15.6. The lowest BCUT2D eigenvalue weighted by Crippen LogP contribution is -2.45. The predicted molar refractivity (Wildman–Crippen MR) is 110 cm³/mol. The lowest BCUT2D eigenvalue weighted by molar-refractivity contribution is -0.131. The van der Waals surface area contributed by atoms with E-state index in [9.17, 15) is 14.4 Å². The molecule has 0 atom stereocenters. The molecule has 0 unspecified atom stereocenters. The van der Waals surface area contributed by atoms with Crippen molar-refractivity contribution in [3.05, 3.63) is 59.7 Å². The number of carbonyl (C=O) groups excluding carboxylic acids is 3. The van der Waals surface area contributed by atoms with E-state index in [4.69, 9.17) is 14.2 Å². The van der Waals surface area contributed by atoms with Gasteiger partial charge >= 0.3 is 5.97 Å². The first-order valence-electron chi connectivity index (χ1n) is 9.59. The van der Waals surface area contributed by atoms with Crippen molar-refractivity contribution < 1.29 is 28.6 Å². The van der Waals surface area contributed by atoms with Crippen LogP contribution in [-0.2, 0) is 14.3 Å². The standard InChI is InChI=1S/C22H26N2O6/c1-4-28-22(27)17-7-11-19(12-8-17)30-14-21(26)24-23-20(25)13-29-18-9-5-16(6-10-18)15(2)3/h5-12,15H,4,13-14H2,1-3H3,(H,23,25)(H,24,26). The first-order chi connectivity index (χ1) is 14.4. The van der Waals surface area contributed by atoms with Crippen molar-refractivity contribution >= 4 is 17.8 Å². The minimum Gasteiger partial charge on any atom is -0.484 e. The zero-order chi connectivity index (χ0) is 21.9. The number of hydrogen-bond donors (Lipinski definition) is 2. The fourth-order valence-corrected chi connectivity index (χ4v) is 2.36. The normalized spacial score (nSPS) is 10.3. The van der Waals surface area contributed by atoms with Crippen LogP contribution < -0.4 is 20.3 Å². The first-order valence-corrected chi connectivity index (χ1v) is 9.59. The maximum absolute atomic E-state index is 11.8. The third-order valence-electron chi connectivity index (χ3n) is 3.99. The maximum atomic E-state index is 11.8. The molecule has 160 valence electrons. The van der Waals surface area contributed by atoms with Crippen LogP contribution in [0.5, 0.6) is 11.5 Å². The number of carbonyl (C=O) groups is 3. The summed E-state index contributed by atoms with van der Waals surface area (Å²) in [4.78, 5) is 35.2. The van der Waals surface area contributed by atoms with E-state index in [0.29, 0.717) is 29.6 Å². The number of ether oxygens (including phenoxy) is 3. The molecule has 0 saturated carbocycles. The van der Waals surface area contributed by atoms with Gasteiger partial charge in [-0.25, -0.2) is 4.79 Å². The molecule has 30 heavy (non-hydrogen) atoms. The largest absolute Gasteiger partial charge is 0.484 e. The summed E-state index contributed by atoms with van der Waals surface area (Å²) in [6.07, 6.45) is 0. The summed E-state index contributed by atoms with van der Waals surface area (Å²) in [5.74, 6) is -0.0970. The summed E-state index contributed by atoms with van der Waals surface area (Å²) in [6, 6.07) is 13.7. The average molecular weight is 414 g/mol. The molecule has 0 aliphatic heterocycles. The van der Waals surface area contributed by atoms with E-state index in [1.807, 2.05) is 12.1 Å². The number of rotatable bonds is 9. The highest BCUT2D eigenvalue weighted by Crippen LogP contribution is 2.18. The van der Waals surface area contributed by atoms with E-state index in [1.165, 1.54) is 17.7 Å². The molecule has 0 aliphatic carbocycles. The van der Waals surface area contributed by atoms with Gasteiger partial charge < -0.3 is 14.2 Å². The predicted octanol–water partition coefficient (Wildman–Crippen LogP) is 2.59. The van der Waals surface area contributed by atoms with E-state index in [1.54, 1.807) is 31.2 Å². The van der Waals surface area contributed by atoms with Gasteiger partial charge in [-0.2, -0.15) is 0 Å². The molecule has 2 aromatic carbocycles. The van der Waals surface area contributed by atoms with Crippen LogP contribution in [0.25, 0.3) is 0 Å². The molecule has 0 heterocycles. The molecule has 0 radical (unpaired) electrons. The second-order valence-corrected chi connectivity index (χ2v) is 6.64.